The van der Waals surface area contributed by atoms with E-state index in [0.29, 0.717) is 17.1 Å². The molecule has 0 spiro atoms. The molecule has 8 rings (SSSR count). The zero-order valence-electron chi connectivity index (χ0n) is 25.9. The summed E-state index contributed by atoms with van der Waals surface area (Å²) in [7, 11) is 0. The fraction of sp³-hybridized carbons (Fsp3) is 0.0732. The molecule has 0 amide bonds. The van der Waals surface area contributed by atoms with E-state index in [9.17, 15) is 18.4 Å². The van der Waals surface area contributed by atoms with E-state index in [4.69, 9.17) is 6.57 Å². The van der Waals surface area contributed by atoms with Crippen LogP contribution in [0, 0.1) is 31.8 Å². The smallest absolute Gasteiger partial charge is 0.319 e. The number of benzene rings is 6. The van der Waals surface area contributed by atoms with Gasteiger partial charge in [-0.25, -0.2) is 4.85 Å². The fourth-order valence-electron chi connectivity index (χ4n) is 7.24. The Kier molecular flexibility index (Phi) is 6.44. The molecule has 0 bridgehead atoms. The minimum atomic E-state index is -4.75. The van der Waals surface area contributed by atoms with Gasteiger partial charge in [0, 0.05) is 32.8 Å². The van der Waals surface area contributed by atoms with Crippen molar-refractivity contribution in [2.45, 2.75) is 20.0 Å². The topological polar surface area (TPSA) is 38.0 Å². The van der Waals surface area contributed by atoms with Crippen LogP contribution in [0.2, 0.25) is 0 Å². The summed E-state index contributed by atoms with van der Waals surface area (Å²) in [6.45, 7) is 12.4. The van der Waals surface area contributed by atoms with Crippen LogP contribution in [0.3, 0.4) is 0 Å². The number of hydrogen-bond acceptors (Lipinski definition) is 1. The molecule has 0 aliphatic rings. The number of alkyl halides is 3. The predicted molar refractivity (Wildman–Crippen MR) is 186 cm³/mol. The Bertz CT molecular complexity index is 2710. The Labute approximate surface area is 273 Å². The zero-order valence-corrected chi connectivity index (χ0v) is 25.9. The third-order valence-corrected chi connectivity index (χ3v) is 9.25. The summed E-state index contributed by atoms with van der Waals surface area (Å²) in [6.07, 6.45) is -4.75. The lowest BCUT2D eigenvalue weighted by Crippen LogP contribution is -2.09. The number of aryl methyl sites for hydroxylation is 2. The summed E-state index contributed by atoms with van der Waals surface area (Å²) in [5.41, 5.74) is 5.80. The van der Waals surface area contributed by atoms with E-state index < -0.39 is 11.7 Å². The van der Waals surface area contributed by atoms with Crippen molar-refractivity contribution in [3.05, 3.63) is 149 Å². The molecule has 2 aromatic heterocycles. The first-order valence-electron chi connectivity index (χ1n) is 15.4. The average molecular weight is 631 g/mol. The minimum absolute atomic E-state index is 0.0789. The van der Waals surface area contributed by atoms with Crippen molar-refractivity contribution in [1.82, 2.24) is 9.13 Å². The van der Waals surface area contributed by atoms with Gasteiger partial charge in [0.2, 0.25) is 5.69 Å². The SMILES string of the molecule is [C-]#[N+]c1cc(-n2c3ccccc3c3c(C)cccc32)c(-c2ccc(C#N)cc2C(F)(F)F)cc1-n1c2ccccc2c2c(C)cccc21. The van der Waals surface area contributed by atoms with Gasteiger partial charge in [0.1, 0.15) is 0 Å². The second kappa shape index (κ2) is 10.6. The Morgan fingerprint density at radius 1 is 0.625 bits per heavy atom. The van der Waals surface area contributed by atoms with E-state index in [1.165, 1.54) is 12.1 Å². The summed E-state index contributed by atoms with van der Waals surface area (Å²) in [5.74, 6) is 0. The second-order valence-corrected chi connectivity index (χ2v) is 12.0. The monoisotopic (exact) mass is 630 g/mol. The lowest BCUT2D eigenvalue weighted by molar-refractivity contribution is -0.137. The lowest BCUT2D eigenvalue weighted by atomic mass is 9.94. The number of nitrogens with zero attached hydrogens (tertiary/aromatic N) is 4. The number of aromatic nitrogens is 2. The van der Waals surface area contributed by atoms with Crippen LogP contribution in [0.25, 0.3) is 71.0 Å². The van der Waals surface area contributed by atoms with Gasteiger partial charge in [-0.15, -0.1) is 0 Å². The van der Waals surface area contributed by atoms with Gasteiger partial charge in [0.25, 0.3) is 0 Å². The predicted octanol–water partition coefficient (Wildman–Crippen LogP) is 11.6. The summed E-state index contributed by atoms with van der Waals surface area (Å²) in [6, 6.07) is 36.5. The van der Waals surface area contributed by atoms with Crippen LogP contribution in [-0.4, -0.2) is 9.13 Å². The van der Waals surface area contributed by atoms with E-state index >= 15 is 0 Å². The number of fused-ring (bicyclic) bond motifs is 6. The van der Waals surface area contributed by atoms with E-state index in [-0.39, 0.29) is 16.7 Å². The van der Waals surface area contributed by atoms with Crippen molar-refractivity contribution >= 4 is 49.3 Å². The summed E-state index contributed by atoms with van der Waals surface area (Å²) in [5, 5.41) is 13.5. The highest BCUT2D eigenvalue weighted by Gasteiger charge is 2.35. The maximum Gasteiger partial charge on any atom is 0.417 e. The van der Waals surface area contributed by atoms with Gasteiger partial charge >= 0.3 is 6.18 Å². The van der Waals surface area contributed by atoms with E-state index in [0.717, 1.165) is 60.8 Å². The number of halogens is 3. The van der Waals surface area contributed by atoms with Gasteiger partial charge in [0.05, 0.1) is 51.5 Å². The maximum atomic E-state index is 14.9. The highest BCUT2D eigenvalue weighted by atomic mass is 19.4. The highest BCUT2D eigenvalue weighted by Crippen LogP contribution is 2.46. The van der Waals surface area contributed by atoms with Crippen molar-refractivity contribution in [3.63, 3.8) is 0 Å². The standard InChI is InChI=1S/C41H25F3N4/c1-24-10-8-16-35-39(24)28-12-4-6-14-33(28)47(35)37-22-32(46-3)38(21-30(37)27-19-18-26(23-45)20-31(27)41(42,43)44)48-34-15-7-5-13-29(34)40-25(2)11-9-17-36(40)48/h4-22H,1-2H3. The van der Waals surface area contributed by atoms with Crippen LogP contribution < -0.4 is 0 Å². The number of rotatable bonds is 3. The van der Waals surface area contributed by atoms with Crippen molar-refractivity contribution in [2.24, 2.45) is 0 Å². The Balaban J connectivity index is 1.58. The Morgan fingerprint density at radius 3 is 1.71 bits per heavy atom. The van der Waals surface area contributed by atoms with Crippen LogP contribution in [0.1, 0.15) is 22.3 Å². The second-order valence-electron chi connectivity index (χ2n) is 12.0. The van der Waals surface area contributed by atoms with Gasteiger partial charge in [0.15, 0.2) is 0 Å². The van der Waals surface area contributed by atoms with Crippen molar-refractivity contribution in [2.75, 3.05) is 0 Å². The Hall–Kier alpha value is -6.31. The lowest BCUT2D eigenvalue weighted by Gasteiger charge is -2.21. The summed E-state index contributed by atoms with van der Waals surface area (Å²) >= 11 is 0. The third kappa shape index (κ3) is 4.22. The molecule has 0 saturated heterocycles. The largest absolute Gasteiger partial charge is 0.417 e. The maximum absolute atomic E-state index is 14.9. The van der Waals surface area contributed by atoms with E-state index in [1.807, 2.05) is 114 Å². The molecule has 0 saturated carbocycles. The van der Waals surface area contributed by atoms with Crippen molar-refractivity contribution in [1.29, 1.82) is 5.26 Å². The van der Waals surface area contributed by atoms with Crippen molar-refractivity contribution in [3.8, 4) is 28.6 Å². The first-order chi connectivity index (χ1) is 23.2. The van der Waals surface area contributed by atoms with Gasteiger partial charge in [-0.1, -0.05) is 66.7 Å². The van der Waals surface area contributed by atoms with Gasteiger partial charge in [-0.3, -0.25) is 0 Å². The number of hydrogen-bond donors (Lipinski definition) is 0. The first kappa shape index (κ1) is 29.1. The molecule has 8 aromatic rings. The summed E-state index contributed by atoms with van der Waals surface area (Å²) in [4.78, 5) is 3.99. The average Bonchev–Trinajstić information content (AvgIpc) is 3.61. The highest BCUT2D eigenvalue weighted by molar-refractivity contribution is 6.13. The fourth-order valence-corrected chi connectivity index (χ4v) is 7.24. The summed E-state index contributed by atoms with van der Waals surface area (Å²) < 4.78 is 48.6. The van der Waals surface area contributed by atoms with Gasteiger partial charge < -0.3 is 9.13 Å². The molecular weight excluding hydrogens is 605 g/mol. The van der Waals surface area contributed by atoms with Crippen LogP contribution >= 0.6 is 0 Å². The molecule has 4 nitrogen and oxygen atoms in total. The zero-order chi connectivity index (χ0) is 33.3. The molecule has 0 fully saturated rings. The quantitative estimate of drug-likeness (QED) is 0.179. The molecule has 0 radical (unpaired) electrons. The van der Waals surface area contributed by atoms with Crippen LogP contribution in [0.15, 0.2) is 115 Å². The molecule has 0 N–H and O–H groups in total. The van der Waals surface area contributed by atoms with Crippen molar-refractivity contribution < 1.29 is 13.2 Å². The van der Waals surface area contributed by atoms with Gasteiger partial charge in [-0.2, -0.15) is 18.4 Å². The number of nitriles is 1. The molecule has 7 heteroatoms. The van der Waals surface area contributed by atoms with Crippen LogP contribution in [-0.2, 0) is 6.18 Å². The molecular formula is C41H25F3N4. The van der Waals surface area contributed by atoms with E-state index in [2.05, 4.69) is 4.85 Å². The molecule has 0 atom stereocenters. The normalized spacial score (nSPS) is 11.8. The first-order valence-corrected chi connectivity index (χ1v) is 15.4. The third-order valence-electron chi connectivity index (χ3n) is 9.25. The Morgan fingerprint density at radius 2 is 1.17 bits per heavy atom. The molecule has 2 heterocycles. The van der Waals surface area contributed by atoms with E-state index in [1.54, 1.807) is 12.1 Å². The van der Waals surface area contributed by atoms with Gasteiger partial charge in [-0.05, 0) is 79.1 Å². The van der Waals surface area contributed by atoms with Crippen LogP contribution in [0.5, 0.6) is 0 Å². The molecule has 230 valence electrons. The molecule has 48 heavy (non-hydrogen) atoms. The minimum Gasteiger partial charge on any atom is -0.319 e. The molecule has 0 aliphatic heterocycles. The van der Waals surface area contributed by atoms with Crippen LogP contribution in [0.4, 0.5) is 18.9 Å². The number of para-hydroxylation sites is 2. The molecule has 0 unspecified atom stereocenters. The molecule has 6 aromatic carbocycles. The molecule has 0 aliphatic carbocycles.